The first kappa shape index (κ1) is 14.2. The molecule has 0 aliphatic carbocycles. The first-order chi connectivity index (χ1) is 11.3. The molecule has 0 bridgehead atoms. The molecule has 0 spiro atoms. The van der Waals surface area contributed by atoms with E-state index in [1.165, 1.54) is 0 Å². The van der Waals surface area contributed by atoms with Gasteiger partial charge in [0.2, 0.25) is 0 Å². The van der Waals surface area contributed by atoms with E-state index in [4.69, 9.17) is 9.72 Å². The maximum absolute atomic E-state index is 12.6. The minimum atomic E-state index is -0.282. The normalized spacial score (nSPS) is 12.6. The molecule has 3 aromatic rings. The van der Waals surface area contributed by atoms with Gasteiger partial charge in [0.05, 0.1) is 23.4 Å². The summed E-state index contributed by atoms with van der Waals surface area (Å²) < 4.78 is 5.30. The van der Waals surface area contributed by atoms with Gasteiger partial charge >= 0.3 is 5.97 Å². The Kier molecular flexibility index (Phi) is 3.50. The second-order valence-electron chi connectivity index (χ2n) is 5.20. The molecule has 5 heteroatoms. The zero-order valence-corrected chi connectivity index (χ0v) is 13.4. The Balaban J connectivity index is 2.06. The van der Waals surface area contributed by atoms with E-state index in [9.17, 15) is 4.79 Å². The van der Waals surface area contributed by atoms with E-state index in [1.807, 2.05) is 43.3 Å². The molecule has 2 aromatic heterocycles. The van der Waals surface area contributed by atoms with Gasteiger partial charge in [-0.3, -0.25) is 0 Å². The van der Waals surface area contributed by atoms with Crippen LogP contribution in [0.1, 0.15) is 22.8 Å². The van der Waals surface area contributed by atoms with Crippen molar-refractivity contribution in [1.29, 1.82) is 0 Å². The van der Waals surface area contributed by atoms with Crippen molar-refractivity contribution < 1.29 is 9.53 Å². The van der Waals surface area contributed by atoms with E-state index in [1.54, 1.807) is 18.0 Å². The monoisotopic (exact) mass is 322 g/mol. The van der Waals surface area contributed by atoms with E-state index >= 15 is 0 Å². The van der Waals surface area contributed by atoms with Gasteiger partial charge in [0.1, 0.15) is 5.03 Å². The third-order valence-electron chi connectivity index (χ3n) is 3.85. The Hall–Kier alpha value is -2.40. The number of rotatable bonds is 2. The van der Waals surface area contributed by atoms with E-state index in [0.717, 1.165) is 32.7 Å². The Morgan fingerprint density at radius 3 is 3.00 bits per heavy atom. The van der Waals surface area contributed by atoms with Crippen molar-refractivity contribution in [2.75, 3.05) is 6.61 Å². The number of fused-ring (bicyclic) bond motifs is 4. The highest BCUT2D eigenvalue weighted by atomic mass is 32.2. The van der Waals surface area contributed by atoms with Crippen LogP contribution in [0.15, 0.2) is 47.6 Å². The molecule has 0 N–H and O–H groups in total. The number of nitrogens with zero attached hydrogens (tertiary/aromatic N) is 2. The lowest BCUT2D eigenvalue weighted by Gasteiger charge is -2.21. The third-order valence-corrected chi connectivity index (χ3v) is 4.88. The third kappa shape index (κ3) is 2.28. The molecular weight excluding hydrogens is 308 g/mol. The molecule has 1 aliphatic rings. The highest BCUT2D eigenvalue weighted by Gasteiger charge is 2.27. The van der Waals surface area contributed by atoms with Crippen LogP contribution in [0, 0.1) is 0 Å². The van der Waals surface area contributed by atoms with Crippen LogP contribution >= 0.6 is 11.8 Å². The minimum absolute atomic E-state index is 0.282. The second-order valence-corrected chi connectivity index (χ2v) is 6.16. The number of hydrogen-bond acceptors (Lipinski definition) is 5. The molecule has 0 atom stereocenters. The van der Waals surface area contributed by atoms with E-state index in [2.05, 4.69) is 4.98 Å². The Morgan fingerprint density at radius 1 is 1.26 bits per heavy atom. The molecular formula is C18H14N2O2S. The van der Waals surface area contributed by atoms with Crippen molar-refractivity contribution in [3.05, 3.63) is 53.7 Å². The zero-order valence-electron chi connectivity index (χ0n) is 12.6. The summed E-state index contributed by atoms with van der Waals surface area (Å²) in [6.45, 7) is 2.18. The highest BCUT2D eigenvalue weighted by Crippen LogP contribution is 2.42. The first-order valence-electron chi connectivity index (χ1n) is 7.46. The Morgan fingerprint density at radius 2 is 2.13 bits per heavy atom. The number of hydrogen-bond donors (Lipinski definition) is 0. The topological polar surface area (TPSA) is 52.1 Å². The van der Waals surface area contributed by atoms with Gasteiger partial charge in [-0.1, -0.05) is 18.2 Å². The number of thioether (sulfide) groups is 1. The van der Waals surface area contributed by atoms with Crippen LogP contribution < -0.4 is 0 Å². The fourth-order valence-corrected chi connectivity index (χ4v) is 3.90. The summed E-state index contributed by atoms with van der Waals surface area (Å²) in [6.07, 6.45) is 1.78. The number of aromatic nitrogens is 2. The summed E-state index contributed by atoms with van der Waals surface area (Å²) >= 11 is 1.63. The van der Waals surface area contributed by atoms with Crippen molar-refractivity contribution >= 4 is 28.6 Å². The molecule has 3 heterocycles. The summed E-state index contributed by atoms with van der Waals surface area (Å²) in [5.41, 5.74) is 4.20. The van der Waals surface area contributed by atoms with Crippen LogP contribution in [0.2, 0.25) is 0 Å². The molecule has 0 amide bonds. The summed E-state index contributed by atoms with van der Waals surface area (Å²) in [6, 6.07) is 11.6. The number of para-hydroxylation sites is 1. The summed E-state index contributed by atoms with van der Waals surface area (Å²) in [4.78, 5) is 21.8. The fourth-order valence-electron chi connectivity index (χ4n) is 2.88. The van der Waals surface area contributed by atoms with Gasteiger partial charge in [-0.25, -0.2) is 14.8 Å². The standard InChI is InChI=1S/C18H14N2O2S/c1-2-22-18(21)15-11-6-3-4-8-14(11)20-16-12-7-5-9-19-17(12)23-10-13(15)16/h3-9H,2,10H2,1H3. The average Bonchev–Trinajstić information content (AvgIpc) is 2.59. The van der Waals surface area contributed by atoms with E-state index in [-0.39, 0.29) is 5.97 Å². The lowest BCUT2D eigenvalue weighted by molar-refractivity contribution is 0.0527. The molecule has 0 radical (unpaired) electrons. The molecule has 0 saturated heterocycles. The van der Waals surface area contributed by atoms with Gasteiger partial charge in [-0.2, -0.15) is 0 Å². The number of esters is 1. The van der Waals surface area contributed by atoms with Crippen LogP contribution in [0.4, 0.5) is 0 Å². The second kappa shape index (κ2) is 5.66. The van der Waals surface area contributed by atoms with Gasteiger partial charge in [-0.15, -0.1) is 11.8 Å². The number of ether oxygens (including phenoxy) is 1. The molecule has 23 heavy (non-hydrogen) atoms. The highest BCUT2D eigenvalue weighted by molar-refractivity contribution is 7.98. The molecule has 4 rings (SSSR count). The van der Waals surface area contributed by atoms with Crippen molar-refractivity contribution in [3.8, 4) is 11.3 Å². The van der Waals surface area contributed by atoms with Crippen LogP contribution in [-0.2, 0) is 10.5 Å². The molecule has 0 fully saturated rings. The van der Waals surface area contributed by atoms with E-state index < -0.39 is 0 Å². The van der Waals surface area contributed by atoms with Crippen LogP contribution in [0.25, 0.3) is 22.2 Å². The van der Waals surface area contributed by atoms with Crippen molar-refractivity contribution in [2.24, 2.45) is 0 Å². The number of pyridine rings is 2. The lowest BCUT2D eigenvalue weighted by atomic mass is 9.98. The summed E-state index contributed by atoms with van der Waals surface area (Å²) in [5.74, 6) is 0.390. The zero-order chi connectivity index (χ0) is 15.8. The first-order valence-corrected chi connectivity index (χ1v) is 8.45. The van der Waals surface area contributed by atoms with Gasteiger partial charge in [0, 0.05) is 28.5 Å². The molecule has 4 nitrogen and oxygen atoms in total. The smallest absolute Gasteiger partial charge is 0.339 e. The largest absolute Gasteiger partial charge is 0.462 e. The van der Waals surface area contributed by atoms with Crippen LogP contribution in [0.3, 0.4) is 0 Å². The van der Waals surface area contributed by atoms with Gasteiger partial charge in [0.15, 0.2) is 0 Å². The van der Waals surface area contributed by atoms with Crippen molar-refractivity contribution in [3.63, 3.8) is 0 Å². The predicted octanol–water partition coefficient (Wildman–Crippen LogP) is 4.08. The predicted molar refractivity (Wildman–Crippen MR) is 90.5 cm³/mol. The van der Waals surface area contributed by atoms with Gasteiger partial charge < -0.3 is 4.74 Å². The maximum Gasteiger partial charge on any atom is 0.339 e. The quantitative estimate of drug-likeness (QED) is 0.665. The van der Waals surface area contributed by atoms with Crippen LogP contribution in [0.5, 0.6) is 0 Å². The Labute approximate surface area is 137 Å². The van der Waals surface area contributed by atoms with Crippen LogP contribution in [-0.4, -0.2) is 22.5 Å². The van der Waals surface area contributed by atoms with Gasteiger partial charge in [-0.05, 0) is 25.1 Å². The molecule has 1 aliphatic heterocycles. The summed E-state index contributed by atoms with van der Waals surface area (Å²) in [7, 11) is 0. The minimum Gasteiger partial charge on any atom is -0.462 e. The number of carbonyl (C=O) groups is 1. The average molecular weight is 322 g/mol. The van der Waals surface area contributed by atoms with E-state index in [0.29, 0.717) is 17.9 Å². The maximum atomic E-state index is 12.6. The summed E-state index contributed by atoms with van der Waals surface area (Å²) in [5, 5.41) is 1.80. The number of carbonyl (C=O) groups excluding carboxylic acids is 1. The molecule has 1 aromatic carbocycles. The SMILES string of the molecule is CCOC(=O)c1c2c(nc3ccccc13)-c1cccnc1SC2. The molecule has 0 unspecified atom stereocenters. The lowest BCUT2D eigenvalue weighted by Crippen LogP contribution is -2.13. The number of benzene rings is 1. The Bertz CT molecular complexity index is 924. The van der Waals surface area contributed by atoms with Crippen molar-refractivity contribution in [1.82, 2.24) is 9.97 Å². The molecule has 0 saturated carbocycles. The molecule has 114 valence electrons. The van der Waals surface area contributed by atoms with Crippen molar-refractivity contribution in [2.45, 2.75) is 17.7 Å². The van der Waals surface area contributed by atoms with Gasteiger partial charge in [0.25, 0.3) is 0 Å². The fraction of sp³-hybridized carbons (Fsp3) is 0.167.